The summed E-state index contributed by atoms with van der Waals surface area (Å²) < 4.78 is 12.8. The molecule has 6 nitrogen and oxygen atoms in total. The molecular weight excluding hydrogens is 253 g/mol. The van der Waals surface area contributed by atoms with Gasteiger partial charge in [-0.1, -0.05) is 0 Å². The molecule has 1 spiro atoms. The molecule has 19 heavy (non-hydrogen) atoms. The third kappa shape index (κ3) is 2.51. The third-order valence-electron chi connectivity index (χ3n) is 4.79. The molecule has 0 unspecified atom stereocenters. The highest BCUT2D eigenvalue weighted by Crippen LogP contribution is 2.51. The molecule has 1 saturated carbocycles. The summed E-state index contributed by atoms with van der Waals surface area (Å²) in [6.45, 7) is 2.48. The van der Waals surface area contributed by atoms with Gasteiger partial charge in [0.1, 0.15) is 0 Å². The van der Waals surface area contributed by atoms with E-state index < -0.39 is 6.10 Å². The number of piperidine rings is 1. The zero-order valence-corrected chi connectivity index (χ0v) is 10.9. The number of hydrogen-bond acceptors (Lipinski definition) is 6. The maximum absolute atomic E-state index is 12.8. The van der Waals surface area contributed by atoms with Crippen molar-refractivity contribution in [1.29, 1.82) is 0 Å². The predicted octanol–water partition coefficient (Wildman–Crippen LogP) is -1.02. The fourth-order valence-corrected chi connectivity index (χ4v) is 3.95. The lowest BCUT2D eigenvalue weighted by atomic mass is 9.60. The van der Waals surface area contributed by atoms with Crippen LogP contribution in [-0.2, 0) is 0 Å². The van der Waals surface area contributed by atoms with E-state index in [4.69, 9.17) is 0 Å². The van der Waals surface area contributed by atoms with Crippen LogP contribution in [0.1, 0.15) is 25.7 Å². The van der Waals surface area contributed by atoms with Gasteiger partial charge in [0.15, 0.2) is 0 Å². The van der Waals surface area contributed by atoms with Crippen LogP contribution < -0.4 is 5.32 Å². The van der Waals surface area contributed by atoms with Gasteiger partial charge in [-0.3, -0.25) is 0 Å². The van der Waals surface area contributed by atoms with Gasteiger partial charge in [0.2, 0.25) is 0 Å². The summed E-state index contributed by atoms with van der Waals surface area (Å²) in [5, 5.41) is 32.8. The lowest BCUT2D eigenvalue weighted by Gasteiger charge is -2.60. The molecule has 2 saturated heterocycles. The first-order chi connectivity index (χ1) is 8.90. The fourth-order valence-electron chi connectivity index (χ4n) is 3.95. The summed E-state index contributed by atoms with van der Waals surface area (Å²) in [7, 11) is 0. The van der Waals surface area contributed by atoms with Gasteiger partial charge in [-0.15, -0.1) is 9.60 Å². The monoisotopic (exact) mass is 275 g/mol. The van der Waals surface area contributed by atoms with Crippen LogP contribution in [-0.4, -0.2) is 69.7 Å². The quantitative estimate of drug-likeness (QED) is 0.390. The van der Waals surface area contributed by atoms with Gasteiger partial charge in [-0.05, 0) is 38.8 Å². The van der Waals surface area contributed by atoms with Gasteiger partial charge in [-0.2, -0.15) is 0 Å². The predicted molar refractivity (Wildman–Crippen MR) is 65.3 cm³/mol. The van der Waals surface area contributed by atoms with E-state index in [2.05, 4.69) is 5.32 Å². The zero-order chi connectivity index (χ0) is 13.7. The highest BCUT2D eigenvalue weighted by atomic mass is 19.2. The molecule has 0 amide bonds. The molecule has 7 heteroatoms. The number of nitrogens with one attached hydrogen (secondary N) is 1. The number of hydrogen-bond donors (Lipinski definition) is 4. The summed E-state index contributed by atoms with van der Waals surface area (Å²) in [6.07, 6.45) is 0.235. The topological polar surface area (TPSA) is 79.2 Å². The summed E-state index contributed by atoms with van der Waals surface area (Å²) in [5.74, 6) is 0. The van der Waals surface area contributed by atoms with E-state index in [9.17, 15) is 19.8 Å². The van der Waals surface area contributed by atoms with Gasteiger partial charge < -0.3 is 20.6 Å². The van der Waals surface area contributed by atoms with E-state index in [-0.39, 0.29) is 17.5 Å². The van der Waals surface area contributed by atoms with E-state index in [0.717, 1.165) is 43.9 Å². The SMILES string of the molecule is OC(O)(O)N(C1CCNCC1)C1CC2(C1)CN(F)C2. The lowest BCUT2D eigenvalue weighted by molar-refractivity contribution is -0.419. The highest BCUT2D eigenvalue weighted by molar-refractivity contribution is 5.07. The molecule has 4 N–H and O–H groups in total. The van der Waals surface area contributed by atoms with Crippen LogP contribution in [0.3, 0.4) is 0 Å². The third-order valence-corrected chi connectivity index (χ3v) is 4.79. The summed E-state index contributed by atoms with van der Waals surface area (Å²) >= 11 is 0. The Morgan fingerprint density at radius 2 is 1.68 bits per heavy atom. The second-order valence-corrected chi connectivity index (χ2v) is 6.33. The first-order valence-electron chi connectivity index (χ1n) is 6.97. The second kappa shape index (κ2) is 4.61. The molecule has 2 aliphatic heterocycles. The Labute approximate surface area is 111 Å². The van der Waals surface area contributed by atoms with E-state index >= 15 is 0 Å². The average molecular weight is 275 g/mol. The van der Waals surface area contributed by atoms with Crippen LogP contribution in [0.2, 0.25) is 0 Å². The number of rotatable bonds is 3. The highest BCUT2D eigenvalue weighted by Gasteiger charge is 2.57. The van der Waals surface area contributed by atoms with Gasteiger partial charge in [0, 0.05) is 30.6 Å². The van der Waals surface area contributed by atoms with Crippen molar-refractivity contribution in [2.45, 2.75) is 43.9 Å². The van der Waals surface area contributed by atoms with Crippen molar-refractivity contribution < 1.29 is 19.8 Å². The van der Waals surface area contributed by atoms with Crippen molar-refractivity contribution in [3.05, 3.63) is 0 Å². The summed E-state index contributed by atoms with van der Waals surface area (Å²) in [6, 6.07) is -0.109. The van der Waals surface area contributed by atoms with Crippen molar-refractivity contribution in [3.8, 4) is 0 Å². The number of aliphatic hydroxyl groups is 3. The van der Waals surface area contributed by atoms with E-state index in [0.29, 0.717) is 13.1 Å². The molecular formula is C12H22FN3O3. The van der Waals surface area contributed by atoms with Crippen LogP contribution in [0, 0.1) is 5.41 Å². The molecule has 1 aliphatic carbocycles. The van der Waals surface area contributed by atoms with Gasteiger partial charge in [0.25, 0.3) is 0 Å². The van der Waals surface area contributed by atoms with Crippen LogP contribution in [0.5, 0.6) is 0 Å². The molecule has 3 rings (SSSR count). The smallest absolute Gasteiger partial charge is 0.330 e. The molecule has 0 radical (unpaired) electrons. The maximum Gasteiger partial charge on any atom is 0.346 e. The number of halogens is 1. The zero-order valence-electron chi connectivity index (χ0n) is 10.9. The Morgan fingerprint density at radius 3 is 2.16 bits per heavy atom. The molecule has 0 bridgehead atoms. The van der Waals surface area contributed by atoms with Gasteiger partial charge in [0.05, 0.1) is 0 Å². The van der Waals surface area contributed by atoms with Crippen molar-refractivity contribution in [2.24, 2.45) is 5.41 Å². The van der Waals surface area contributed by atoms with E-state index in [1.165, 1.54) is 4.90 Å². The Kier molecular flexibility index (Phi) is 3.32. The number of nitrogens with zero attached hydrogens (tertiary/aromatic N) is 2. The van der Waals surface area contributed by atoms with Crippen molar-refractivity contribution >= 4 is 0 Å². The van der Waals surface area contributed by atoms with Crippen molar-refractivity contribution in [2.75, 3.05) is 26.2 Å². The van der Waals surface area contributed by atoms with Gasteiger partial charge >= 0.3 is 6.10 Å². The first-order valence-corrected chi connectivity index (χ1v) is 6.97. The molecule has 3 aliphatic rings. The Hall–Kier alpha value is -0.310. The maximum atomic E-state index is 12.8. The van der Waals surface area contributed by atoms with Crippen molar-refractivity contribution in [3.63, 3.8) is 0 Å². The first kappa shape index (κ1) is 13.7. The molecule has 0 atom stereocenters. The van der Waals surface area contributed by atoms with E-state index in [1.807, 2.05) is 0 Å². The molecule has 0 aromatic rings. The molecule has 110 valence electrons. The Morgan fingerprint density at radius 1 is 1.11 bits per heavy atom. The van der Waals surface area contributed by atoms with Crippen LogP contribution in [0.4, 0.5) is 4.48 Å². The van der Waals surface area contributed by atoms with Crippen LogP contribution >= 0.6 is 0 Å². The molecule has 0 aromatic carbocycles. The Bertz CT molecular complexity index is 330. The standard InChI is InChI=1S/C12H22FN3O3/c13-15-7-11(8-15)5-10(6-11)16(12(17,18)19)9-1-3-14-4-2-9/h9-10,14,17-19H,1-8H2. The summed E-state index contributed by atoms with van der Waals surface area (Å²) in [5.41, 5.74) is -0.00413. The second-order valence-electron chi connectivity index (χ2n) is 6.33. The summed E-state index contributed by atoms with van der Waals surface area (Å²) in [4.78, 5) is 1.42. The van der Waals surface area contributed by atoms with Gasteiger partial charge in [-0.25, -0.2) is 4.90 Å². The minimum Gasteiger partial charge on any atom is -0.330 e. The lowest BCUT2D eigenvalue weighted by Crippen LogP contribution is -2.70. The Balaban J connectivity index is 1.64. The minimum atomic E-state index is -2.77. The van der Waals surface area contributed by atoms with Crippen molar-refractivity contribution in [1.82, 2.24) is 15.3 Å². The van der Waals surface area contributed by atoms with E-state index in [1.54, 1.807) is 0 Å². The molecule has 3 fully saturated rings. The minimum absolute atomic E-state index is 0.00413. The molecule has 0 aromatic heterocycles. The average Bonchev–Trinajstić information content (AvgIpc) is 2.24. The molecule has 2 heterocycles. The fraction of sp³-hybridized carbons (Fsp3) is 1.00. The largest absolute Gasteiger partial charge is 0.346 e. The normalized spacial score (nSPS) is 29.5. The van der Waals surface area contributed by atoms with Crippen LogP contribution in [0.15, 0.2) is 0 Å². The van der Waals surface area contributed by atoms with Crippen LogP contribution in [0.25, 0.3) is 0 Å².